The fourth-order valence-corrected chi connectivity index (χ4v) is 1.34. The zero-order valence-electron chi connectivity index (χ0n) is 8.77. The molecular weight excluding hydrogens is 196 g/mol. The number of carboxylic acids is 1. The molecule has 1 rings (SSSR count). The second kappa shape index (κ2) is 5.36. The Hall–Kier alpha value is -1.55. The van der Waals surface area contributed by atoms with Crippen LogP contribution >= 0.6 is 0 Å². The first-order chi connectivity index (χ1) is 7.19. The van der Waals surface area contributed by atoms with E-state index < -0.39 is 11.9 Å². The maximum Gasteiger partial charge on any atom is 0.313 e. The average molecular weight is 210 g/mol. The second-order valence-electron chi connectivity index (χ2n) is 3.12. The number of ether oxygens (including phenoxy) is 2. The van der Waals surface area contributed by atoms with E-state index in [1.165, 1.54) is 7.11 Å². The molecule has 0 saturated carbocycles. The van der Waals surface area contributed by atoms with Crippen molar-refractivity contribution in [2.45, 2.75) is 5.92 Å². The molecule has 1 aromatic rings. The lowest BCUT2D eigenvalue weighted by Gasteiger charge is -2.12. The lowest BCUT2D eigenvalue weighted by molar-refractivity contribution is -0.140. The SMILES string of the molecule is COCC(C(=O)O)c1cccc(OC)c1. The summed E-state index contributed by atoms with van der Waals surface area (Å²) in [5, 5.41) is 9.00. The van der Waals surface area contributed by atoms with Crippen molar-refractivity contribution in [3.63, 3.8) is 0 Å². The molecule has 0 aromatic heterocycles. The first-order valence-electron chi connectivity index (χ1n) is 4.54. The highest BCUT2D eigenvalue weighted by Crippen LogP contribution is 2.21. The number of hydrogen-bond acceptors (Lipinski definition) is 3. The summed E-state index contributed by atoms with van der Waals surface area (Å²) in [7, 11) is 3.03. The van der Waals surface area contributed by atoms with Crippen LogP contribution in [-0.2, 0) is 9.53 Å². The van der Waals surface area contributed by atoms with Gasteiger partial charge in [-0.25, -0.2) is 0 Å². The predicted octanol–water partition coefficient (Wildman–Crippen LogP) is 1.51. The Balaban J connectivity index is 2.94. The van der Waals surface area contributed by atoms with Gasteiger partial charge in [0.1, 0.15) is 11.7 Å². The fourth-order valence-electron chi connectivity index (χ4n) is 1.34. The summed E-state index contributed by atoms with van der Waals surface area (Å²) in [6.07, 6.45) is 0. The van der Waals surface area contributed by atoms with Crippen LogP contribution < -0.4 is 4.74 Å². The van der Waals surface area contributed by atoms with Crippen LogP contribution in [0.1, 0.15) is 11.5 Å². The van der Waals surface area contributed by atoms with Crippen molar-refractivity contribution < 1.29 is 19.4 Å². The van der Waals surface area contributed by atoms with Crippen molar-refractivity contribution in [1.82, 2.24) is 0 Å². The third-order valence-electron chi connectivity index (χ3n) is 2.13. The van der Waals surface area contributed by atoms with Gasteiger partial charge in [0.15, 0.2) is 0 Å². The fraction of sp³-hybridized carbons (Fsp3) is 0.364. The van der Waals surface area contributed by atoms with Crippen molar-refractivity contribution in [3.8, 4) is 5.75 Å². The van der Waals surface area contributed by atoms with E-state index in [2.05, 4.69) is 0 Å². The molecule has 4 nitrogen and oxygen atoms in total. The van der Waals surface area contributed by atoms with E-state index in [9.17, 15) is 4.79 Å². The predicted molar refractivity (Wildman–Crippen MR) is 55.2 cm³/mol. The van der Waals surface area contributed by atoms with E-state index in [4.69, 9.17) is 14.6 Å². The first-order valence-corrected chi connectivity index (χ1v) is 4.54. The number of methoxy groups -OCH3 is 2. The molecule has 0 bridgehead atoms. The van der Waals surface area contributed by atoms with Gasteiger partial charge in [0.2, 0.25) is 0 Å². The Labute approximate surface area is 88.4 Å². The van der Waals surface area contributed by atoms with Crippen LogP contribution in [0, 0.1) is 0 Å². The van der Waals surface area contributed by atoms with Crippen LogP contribution in [0.4, 0.5) is 0 Å². The Bertz CT molecular complexity index is 335. The van der Waals surface area contributed by atoms with Gasteiger partial charge in [0.05, 0.1) is 13.7 Å². The average Bonchev–Trinajstić information content (AvgIpc) is 2.25. The summed E-state index contributed by atoms with van der Waals surface area (Å²) >= 11 is 0. The molecule has 0 aliphatic heterocycles. The number of carbonyl (C=O) groups is 1. The van der Waals surface area contributed by atoms with E-state index in [1.54, 1.807) is 31.4 Å². The highest BCUT2D eigenvalue weighted by molar-refractivity contribution is 5.76. The Morgan fingerprint density at radius 2 is 2.20 bits per heavy atom. The summed E-state index contributed by atoms with van der Waals surface area (Å²) in [5.41, 5.74) is 0.684. The van der Waals surface area contributed by atoms with Gasteiger partial charge in [-0.15, -0.1) is 0 Å². The summed E-state index contributed by atoms with van der Waals surface area (Å²) in [4.78, 5) is 11.0. The van der Waals surface area contributed by atoms with Gasteiger partial charge in [0.25, 0.3) is 0 Å². The molecule has 0 aliphatic carbocycles. The summed E-state index contributed by atoms with van der Waals surface area (Å²) in [5.74, 6) is -0.898. The summed E-state index contributed by atoms with van der Waals surface area (Å²) in [6, 6.07) is 6.99. The zero-order valence-corrected chi connectivity index (χ0v) is 8.77. The Morgan fingerprint density at radius 3 is 2.73 bits per heavy atom. The van der Waals surface area contributed by atoms with Gasteiger partial charge in [-0.05, 0) is 17.7 Å². The minimum absolute atomic E-state index is 0.155. The van der Waals surface area contributed by atoms with E-state index in [0.717, 1.165) is 0 Å². The topological polar surface area (TPSA) is 55.8 Å². The standard InChI is InChI=1S/C11H14O4/c1-14-7-10(11(12)13)8-4-3-5-9(6-8)15-2/h3-6,10H,7H2,1-2H3,(H,12,13). The Kier molecular flexibility index (Phi) is 4.12. The lowest BCUT2D eigenvalue weighted by Crippen LogP contribution is -2.16. The van der Waals surface area contributed by atoms with E-state index in [0.29, 0.717) is 11.3 Å². The maximum absolute atomic E-state index is 11.0. The molecule has 0 spiro atoms. The summed E-state index contributed by atoms with van der Waals surface area (Å²) in [6.45, 7) is 0.155. The maximum atomic E-state index is 11.0. The normalized spacial score (nSPS) is 12.1. The second-order valence-corrected chi connectivity index (χ2v) is 3.12. The minimum Gasteiger partial charge on any atom is -0.497 e. The van der Waals surface area contributed by atoms with Crippen molar-refractivity contribution in [3.05, 3.63) is 29.8 Å². The van der Waals surface area contributed by atoms with Crippen LogP contribution in [0.15, 0.2) is 24.3 Å². The van der Waals surface area contributed by atoms with Gasteiger partial charge < -0.3 is 14.6 Å². The van der Waals surface area contributed by atoms with Crippen LogP contribution in [0.3, 0.4) is 0 Å². The van der Waals surface area contributed by atoms with Crippen LogP contribution in [-0.4, -0.2) is 31.9 Å². The molecule has 1 atom stereocenters. The summed E-state index contributed by atoms with van der Waals surface area (Å²) < 4.78 is 9.90. The third kappa shape index (κ3) is 2.95. The number of hydrogen-bond donors (Lipinski definition) is 1. The highest BCUT2D eigenvalue weighted by atomic mass is 16.5. The quantitative estimate of drug-likeness (QED) is 0.800. The Morgan fingerprint density at radius 1 is 1.47 bits per heavy atom. The van der Waals surface area contributed by atoms with Crippen LogP contribution in [0.2, 0.25) is 0 Å². The lowest BCUT2D eigenvalue weighted by atomic mass is 10.00. The van der Waals surface area contributed by atoms with Crippen molar-refractivity contribution in [2.24, 2.45) is 0 Å². The highest BCUT2D eigenvalue weighted by Gasteiger charge is 2.19. The molecule has 15 heavy (non-hydrogen) atoms. The molecule has 1 N–H and O–H groups in total. The number of carboxylic acid groups (broad SMARTS) is 1. The zero-order chi connectivity index (χ0) is 11.3. The van der Waals surface area contributed by atoms with Gasteiger partial charge in [-0.3, -0.25) is 4.79 Å². The van der Waals surface area contributed by atoms with E-state index in [-0.39, 0.29) is 6.61 Å². The molecule has 0 aliphatic rings. The molecule has 0 saturated heterocycles. The molecule has 1 unspecified atom stereocenters. The van der Waals surface area contributed by atoms with Crippen molar-refractivity contribution >= 4 is 5.97 Å². The molecule has 1 aromatic carbocycles. The van der Waals surface area contributed by atoms with E-state index in [1.807, 2.05) is 0 Å². The number of rotatable bonds is 5. The van der Waals surface area contributed by atoms with Gasteiger partial charge >= 0.3 is 5.97 Å². The van der Waals surface area contributed by atoms with Gasteiger partial charge in [-0.2, -0.15) is 0 Å². The molecule has 0 amide bonds. The van der Waals surface area contributed by atoms with Gasteiger partial charge in [0, 0.05) is 7.11 Å². The number of benzene rings is 1. The smallest absolute Gasteiger partial charge is 0.313 e. The third-order valence-corrected chi connectivity index (χ3v) is 2.13. The van der Waals surface area contributed by atoms with Crippen LogP contribution in [0.5, 0.6) is 5.75 Å². The minimum atomic E-state index is -0.898. The molecule has 0 heterocycles. The molecular formula is C11H14O4. The molecule has 0 fully saturated rings. The first kappa shape index (κ1) is 11.5. The monoisotopic (exact) mass is 210 g/mol. The van der Waals surface area contributed by atoms with Crippen molar-refractivity contribution in [2.75, 3.05) is 20.8 Å². The van der Waals surface area contributed by atoms with Crippen molar-refractivity contribution in [1.29, 1.82) is 0 Å². The molecule has 4 heteroatoms. The van der Waals surface area contributed by atoms with Gasteiger partial charge in [-0.1, -0.05) is 12.1 Å². The number of aliphatic carboxylic acids is 1. The largest absolute Gasteiger partial charge is 0.497 e. The molecule has 82 valence electrons. The molecule has 0 radical (unpaired) electrons. The van der Waals surface area contributed by atoms with Crippen LogP contribution in [0.25, 0.3) is 0 Å². The van der Waals surface area contributed by atoms with E-state index >= 15 is 0 Å².